The molecule has 0 heterocycles. The first-order valence-electron chi connectivity index (χ1n) is 5.83. The Kier molecular flexibility index (Phi) is 3.55. The fraction of sp³-hybridized carbons (Fsp3) is 0.462. The van der Waals surface area contributed by atoms with Crippen molar-refractivity contribution in [3.8, 4) is 0 Å². The van der Waals surface area contributed by atoms with Crippen LogP contribution < -0.4 is 5.32 Å². The Morgan fingerprint density at radius 2 is 2.00 bits per heavy atom. The predicted molar refractivity (Wildman–Crippen MR) is 69.2 cm³/mol. The van der Waals surface area contributed by atoms with Gasteiger partial charge in [-0.2, -0.15) is 13.2 Å². The predicted octanol–water partition coefficient (Wildman–Crippen LogP) is 4.17. The van der Waals surface area contributed by atoms with Crippen molar-refractivity contribution in [2.75, 3.05) is 11.6 Å². The summed E-state index contributed by atoms with van der Waals surface area (Å²) < 4.78 is 38.6. The molecule has 1 fully saturated rings. The van der Waals surface area contributed by atoms with Crippen LogP contribution in [0.3, 0.4) is 0 Å². The van der Waals surface area contributed by atoms with Crippen LogP contribution in [-0.2, 0) is 11.0 Å². The van der Waals surface area contributed by atoms with E-state index in [1.165, 1.54) is 12.1 Å². The van der Waals surface area contributed by atoms with Crippen molar-refractivity contribution < 1.29 is 18.0 Å². The lowest BCUT2D eigenvalue weighted by atomic mass is 10.1. The molecule has 0 spiro atoms. The lowest BCUT2D eigenvalue weighted by Crippen LogP contribution is -2.21. The first-order valence-corrected chi connectivity index (χ1v) is 7.05. The Balaban J connectivity index is 2.25. The first-order chi connectivity index (χ1) is 8.76. The van der Waals surface area contributed by atoms with Crippen molar-refractivity contribution in [1.29, 1.82) is 0 Å². The van der Waals surface area contributed by atoms with E-state index in [0.29, 0.717) is 0 Å². The van der Waals surface area contributed by atoms with Crippen LogP contribution in [0.2, 0.25) is 0 Å². The monoisotopic (exact) mass is 289 g/mol. The smallest absolute Gasteiger partial charge is 0.326 e. The molecule has 0 aromatic heterocycles. The molecular weight excluding hydrogens is 275 g/mol. The number of rotatable bonds is 3. The normalized spacial score (nSPS) is 17.1. The first kappa shape index (κ1) is 14.2. The summed E-state index contributed by atoms with van der Waals surface area (Å²) in [5.74, 6) is -0.211. The maximum absolute atomic E-state index is 12.9. The van der Waals surface area contributed by atoms with Crippen molar-refractivity contribution in [2.45, 2.75) is 30.8 Å². The third kappa shape index (κ3) is 3.05. The molecular formula is C13H14F3NOS. The minimum absolute atomic E-state index is 0.156. The molecule has 1 aromatic carbocycles. The van der Waals surface area contributed by atoms with Crippen LogP contribution in [0.4, 0.5) is 18.9 Å². The number of nitrogens with one attached hydrogen (secondary N) is 1. The van der Waals surface area contributed by atoms with Crippen molar-refractivity contribution in [1.82, 2.24) is 0 Å². The summed E-state index contributed by atoms with van der Waals surface area (Å²) in [5, 5.41) is 2.56. The number of anilines is 1. The maximum atomic E-state index is 12.9. The third-order valence-corrected chi connectivity index (χ3v) is 4.11. The number of thioether (sulfide) groups is 1. The number of halogens is 3. The molecule has 1 amide bonds. The highest BCUT2D eigenvalue weighted by Gasteiger charge is 2.45. The highest BCUT2D eigenvalue weighted by Crippen LogP contribution is 2.46. The van der Waals surface area contributed by atoms with Gasteiger partial charge in [-0.05, 0) is 37.3 Å². The Bertz CT molecular complexity index is 509. The standard InChI is InChI=1S/C13H14F3NOS/c1-12(5-6-12)11(18)17-8-3-4-10(19-2)9(7-8)13(14,15)16/h3-4,7H,5-6H2,1-2H3,(H,17,18). The van der Waals surface area contributed by atoms with Gasteiger partial charge in [0.2, 0.25) is 5.91 Å². The number of amides is 1. The number of alkyl halides is 3. The van der Waals surface area contributed by atoms with Gasteiger partial charge in [-0.15, -0.1) is 11.8 Å². The Morgan fingerprint density at radius 3 is 2.47 bits per heavy atom. The lowest BCUT2D eigenvalue weighted by Gasteiger charge is -2.15. The molecule has 0 aliphatic heterocycles. The summed E-state index contributed by atoms with van der Waals surface area (Å²) in [7, 11) is 0. The van der Waals surface area contributed by atoms with E-state index in [9.17, 15) is 18.0 Å². The maximum Gasteiger partial charge on any atom is 0.417 e. The second kappa shape index (κ2) is 4.74. The minimum Gasteiger partial charge on any atom is -0.326 e. The van der Waals surface area contributed by atoms with Gasteiger partial charge < -0.3 is 5.32 Å². The van der Waals surface area contributed by atoms with Gasteiger partial charge in [0, 0.05) is 16.0 Å². The zero-order chi connectivity index (χ0) is 14.3. The van der Waals surface area contributed by atoms with E-state index in [1.807, 2.05) is 6.92 Å². The van der Waals surface area contributed by atoms with Crippen molar-refractivity contribution >= 4 is 23.4 Å². The van der Waals surface area contributed by atoms with E-state index >= 15 is 0 Å². The molecule has 1 N–H and O–H groups in total. The summed E-state index contributed by atoms with van der Waals surface area (Å²) >= 11 is 1.04. The molecule has 1 aliphatic rings. The van der Waals surface area contributed by atoms with E-state index in [2.05, 4.69) is 5.32 Å². The van der Waals surface area contributed by atoms with Gasteiger partial charge in [0.15, 0.2) is 0 Å². The summed E-state index contributed by atoms with van der Waals surface area (Å²) in [6.07, 6.45) is -1.25. The van der Waals surface area contributed by atoms with Crippen LogP contribution in [0.5, 0.6) is 0 Å². The zero-order valence-corrected chi connectivity index (χ0v) is 11.4. The van der Waals surface area contributed by atoms with E-state index in [-0.39, 0.29) is 16.5 Å². The van der Waals surface area contributed by atoms with Crippen molar-refractivity contribution in [2.24, 2.45) is 5.41 Å². The Hall–Kier alpha value is -1.17. The van der Waals surface area contributed by atoms with E-state index < -0.39 is 17.2 Å². The molecule has 1 aliphatic carbocycles. The number of benzene rings is 1. The summed E-state index contributed by atoms with van der Waals surface area (Å²) in [6, 6.07) is 3.89. The average molecular weight is 289 g/mol. The van der Waals surface area contributed by atoms with Gasteiger partial charge in [0.25, 0.3) is 0 Å². The topological polar surface area (TPSA) is 29.1 Å². The number of carbonyl (C=O) groups excluding carboxylic acids is 1. The molecule has 0 unspecified atom stereocenters. The number of hydrogen-bond donors (Lipinski definition) is 1. The van der Waals surface area contributed by atoms with Gasteiger partial charge in [-0.25, -0.2) is 0 Å². The SMILES string of the molecule is CSc1ccc(NC(=O)C2(C)CC2)cc1C(F)(F)F. The van der Waals surface area contributed by atoms with E-state index in [0.717, 1.165) is 30.7 Å². The number of carbonyl (C=O) groups is 1. The lowest BCUT2D eigenvalue weighted by molar-refractivity contribution is -0.139. The Morgan fingerprint density at radius 1 is 1.37 bits per heavy atom. The summed E-state index contributed by atoms with van der Waals surface area (Å²) in [5.41, 5.74) is -0.918. The van der Waals surface area contributed by atoms with Gasteiger partial charge in [0.1, 0.15) is 0 Å². The van der Waals surface area contributed by atoms with Gasteiger partial charge in [-0.3, -0.25) is 4.79 Å². The molecule has 0 bridgehead atoms. The molecule has 19 heavy (non-hydrogen) atoms. The summed E-state index contributed by atoms with van der Waals surface area (Å²) in [4.78, 5) is 12.0. The molecule has 0 atom stereocenters. The summed E-state index contributed by atoms with van der Waals surface area (Å²) in [6.45, 7) is 1.81. The van der Waals surface area contributed by atoms with Gasteiger partial charge in [0.05, 0.1) is 5.56 Å². The third-order valence-electron chi connectivity index (χ3n) is 3.31. The van der Waals surface area contributed by atoms with Crippen LogP contribution in [-0.4, -0.2) is 12.2 Å². The molecule has 2 nitrogen and oxygen atoms in total. The molecule has 6 heteroatoms. The van der Waals surface area contributed by atoms with Gasteiger partial charge in [-0.1, -0.05) is 6.92 Å². The second-order valence-electron chi connectivity index (χ2n) is 4.93. The minimum atomic E-state index is -4.41. The molecule has 0 radical (unpaired) electrons. The van der Waals surface area contributed by atoms with Crippen molar-refractivity contribution in [3.63, 3.8) is 0 Å². The highest BCUT2D eigenvalue weighted by molar-refractivity contribution is 7.98. The largest absolute Gasteiger partial charge is 0.417 e. The van der Waals surface area contributed by atoms with E-state index in [4.69, 9.17) is 0 Å². The molecule has 2 rings (SSSR count). The fourth-order valence-corrected chi connectivity index (χ4v) is 2.30. The van der Waals surface area contributed by atoms with Crippen LogP contribution in [0.15, 0.2) is 23.1 Å². The highest BCUT2D eigenvalue weighted by atomic mass is 32.2. The molecule has 0 saturated heterocycles. The molecule has 1 aromatic rings. The second-order valence-corrected chi connectivity index (χ2v) is 5.78. The van der Waals surface area contributed by atoms with Crippen LogP contribution >= 0.6 is 11.8 Å². The Labute approximate surface area is 113 Å². The fourth-order valence-electron chi connectivity index (χ4n) is 1.70. The van der Waals surface area contributed by atoms with Crippen LogP contribution in [0.1, 0.15) is 25.3 Å². The molecule has 104 valence electrons. The van der Waals surface area contributed by atoms with Gasteiger partial charge >= 0.3 is 6.18 Å². The van der Waals surface area contributed by atoms with Crippen LogP contribution in [0, 0.1) is 5.41 Å². The average Bonchev–Trinajstić information content (AvgIpc) is 3.07. The van der Waals surface area contributed by atoms with Crippen molar-refractivity contribution in [3.05, 3.63) is 23.8 Å². The zero-order valence-electron chi connectivity index (χ0n) is 10.6. The number of hydrogen-bond acceptors (Lipinski definition) is 2. The van der Waals surface area contributed by atoms with E-state index in [1.54, 1.807) is 6.26 Å². The van der Waals surface area contributed by atoms with Crippen LogP contribution in [0.25, 0.3) is 0 Å². The quantitative estimate of drug-likeness (QED) is 0.846. The molecule has 1 saturated carbocycles.